The Hall–Kier alpha value is -1.46. The minimum atomic E-state index is -0.759. The topological polar surface area (TPSA) is 60.8 Å². The van der Waals surface area contributed by atoms with Gasteiger partial charge < -0.3 is 10.2 Å². The minimum Gasteiger partial charge on any atom is -0.507 e. The summed E-state index contributed by atoms with van der Waals surface area (Å²) in [6.07, 6.45) is 1.58. The summed E-state index contributed by atoms with van der Waals surface area (Å²) in [6.45, 7) is 4.63. The Bertz CT molecular complexity index is 528. The van der Waals surface area contributed by atoms with Crippen molar-refractivity contribution in [3.8, 4) is 5.75 Å². The van der Waals surface area contributed by atoms with Gasteiger partial charge in [-0.25, -0.2) is 4.39 Å². The molecular formula is C15H20FNO3. The molecule has 0 aliphatic carbocycles. The van der Waals surface area contributed by atoms with Crippen LogP contribution in [0.25, 0.3) is 0 Å². The smallest absolute Gasteiger partial charge is 0.163 e. The number of hydrogen-bond acceptors (Lipinski definition) is 4. The van der Waals surface area contributed by atoms with Crippen molar-refractivity contribution >= 4 is 5.78 Å². The lowest BCUT2D eigenvalue weighted by molar-refractivity contribution is -0.0183. The third-order valence-electron chi connectivity index (χ3n) is 3.68. The quantitative estimate of drug-likeness (QED) is 0.833. The summed E-state index contributed by atoms with van der Waals surface area (Å²) in [5.41, 5.74) is -0.374. The van der Waals surface area contributed by atoms with Gasteiger partial charge in [0.15, 0.2) is 5.78 Å². The van der Waals surface area contributed by atoms with Gasteiger partial charge in [0, 0.05) is 18.7 Å². The van der Waals surface area contributed by atoms with E-state index in [0.717, 1.165) is 25.5 Å². The second-order valence-corrected chi connectivity index (χ2v) is 5.83. The van der Waals surface area contributed by atoms with E-state index in [0.29, 0.717) is 18.7 Å². The molecule has 4 nitrogen and oxygen atoms in total. The van der Waals surface area contributed by atoms with Gasteiger partial charge in [-0.05, 0) is 45.4 Å². The highest BCUT2D eigenvalue weighted by atomic mass is 19.1. The molecular weight excluding hydrogens is 261 g/mol. The number of rotatable bonds is 3. The number of likely N-dealkylation sites (tertiary alicyclic amines) is 1. The number of β-amino-alcohol motifs (C(OH)–C–C–N with tert-alkyl or cyclic N) is 1. The van der Waals surface area contributed by atoms with E-state index in [1.165, 1.54) is 13.0 Å². The molecule has 1 aromatic carbocycles. The monoisotopic (exact) mass is 281 g/mol. The summed E-state index contributed by atoms with van der Waals surface area (Å²) in [5.74, 6) is -1.07. The molecule has 1 atom stereocenters. The van der Waals surface area contributed by atoms with Crippen LogP contribution in [0, 0.1) is 5.82 Å². The highest BCUT2D eigenvalue weighted by Gasteiger charge is 2.29. The van der Waals surface area contributed by atoms with E-state index in [4.69, 9.17) is 0 Å². The van der Waals surface area contributed by atoms with Crippen LogP contribution < -0.4 is 0 Å². The van der Waals surface area contributed by atoms with Gasteiger partial charge in [-0.1, -0.05) is 0 Å². The van der Waals surface area contributed by atoms with Crippen molar-refractivity contribution in [3.63, 3.8) is 0 Å². The number of halogens is 1. The predicted molar refractivity (Wildman–Crippen MR) is 73.2 cm³/mol. The number of piperidine rings is 1. The summed E-state index contributed by atoms with van der Waals surface area (Å²) in [4.78, 5) is 13.3. The lowest BCUT2D eigenvalue weighted by atomic mass is 9.94. The molecule has 1 aromatic rings. The van der Waals surface area contributed by atoms with Crippen molar-refractivity contribution in [2.24, 2.45) is 0 Å². The van der Waals surface area contributed by atoms with Crippen molar-refractivity contribution < 1.29 is 19.4 Å². The second kappa shape index (κ2) is 5.50. The number of carbonyl (C=O) groups excluding carboxylic acids is 1. The molecule has 0 aromatic heterocycles. The first-order valence-corrected chi connectivity index (χ1v) is 6.75. The Morgan fingerprint density at radius 1 is 1.50 bits per heavy atom. The van der Waals surface area contributed by atoms with Gasteiger partial charge >= 0.3 is 0 Å². The zero-order chi connectivity index (χ0) is 14.9. The van der Waals surface area contributed by atoms with E-state index >= 15 is 0 Å². The Kier molecular flexibility index (Phi) is 4.11. The largest absolute Gasteiger partial charge is 0.507 e. The van der Waals surface area contributed by atoms with Crippen LogP contribution in [0.5, 0.6) is 5.75 Å². The predicted octanol–water partition coefficient (Wildman–Crippen LogP) is 2.08. The number of ketones is 1. The fourth-order valence-corrected chi connectivity index (χ4v) is 2.74. The number of aliphatic hydroxyl groups is 1. The van der Waals surface area contributed by atoms with Crippen LogP contribution in [-0.2, 0) is 6.54 Å². The molecule has 1 fully saturated rings. The molecule has 0 spiro atoms. The van der Waals surface area contributed by atoms with Crippen molar-refractivity contribution in [1.29, 1.82) is 0 Å². The average Bonchev–Trinajstić information content (AvgIpc) is 2.31. The first kappa shape index (κ1) is 14.9. The first-order valence-electron chi connectivity index (χ1n) is 6.75. The summed E-state index contributed by atoms with van der Waals surface area (Å²) in [6, 6.07) is 2.29. The Labute approximate surface area is 117 Å². The molecule has 2 rings (SSSR count). The lowest BCUT2D eigenvalue weighted by Crippen LogP contribution is -2.45. The molecule has 1 aliphatic heterocycles. The number of nitrogens with zero attached hydrogens (tertiary/aromatic N) is 1. The normalized spacial score (nSPS) is 23.8. The molecule has 5 heteroatoms. The molecule has 2 N–H and O–H groups in total. The molecule has 0 saturated carbocycles. The zero-order valence-corrected chi connectivity index (χ0v) is 11.8. The third-order valence-corrected chi connectivity index (χ3v) is 3.68. The maximum Gasteiger partial charge on any atom is 0.163 e. The van der Waals surface area contributed by atoms with E-state index < -0.39 is 11.4 Å². The van der Waals surface area contributed by atoms with Crippen molar-refractivity contribution in [2.45, 2.75) is 38.8 Å². The number of aromatic hydroxyl groups is 1. The van der Waals surface area contributed by atoms with E-state index in [-0.39, 0.29) is 17.1 Å². The van der Waals surface area contributed by atoms with Gasteiger partial charge in [-0.2, -0.15) is 0 Å². The average molecular weight is 281 g/mol. The summed E-state index contributed by atoms with van der Waals surface area (Å²) < 4.78 is 13.5. The van der Waals surface area contributed by atoms with Crippen LogP contribution >= 0.6 is 0 Å². The molecule has 20 heavy (non-hydrogen) atoms. The van der Waals surface area contributed by atoms with Gasteiger partial charge in [0.25, 0.3) is 0 Å². The Morgan fingerprint density at radius 3 is 2.80 bits per heavy atom. The van der Waals surface area contributed by atoms with Crippen LogP contribution in [0.15, 0.2) is 12.1 Å². The highest BCUT2D eigenvalue weighted by molar-refractivity contribution is 5.97. The Balaban J connectivity index is 2.23. The SMILES string of the molecule is CC(=O)c1cc(F)cc(CN2CCCC(C)(O)C2)c1O. The van der Waals surface area contributed by atoms with Gasteiger partial charge in [0.05, 0.1) is 11.2 Å². The number of Topliss-reactive ketones (excluding diaryl/α,β-unsaturated/α-hetero) is 1. The number of hydrogen-bond donors (Lipinski definition) is 2. The van der Waals surface area contributed by atoms with Crippen LogP contribution in [-0.4, -0.2) is 39.6 Å². The van der Waals surface area contributed by atoms with Crippen molar-refractivity contribution in [2.75, 3.05) is 13.1 Å². The van der Waals surface area contributed by atoms with Gasteiger partial charge in [-0.3, -0.25) is 9.69 Å². The summed E-state index contributed by atoms with van der Waals surface area (Å²) in [5, 5.41) is 20.1. The molecule has 110 valence electrons. The fraction of sp³-hybridized carbons (Fsp3) is 0.533. The fourth-order valence-electron chi connectivity index (χ4n) is 2.74. The number of phenols is 1. The van der Waals surface area contributed by atoms with E-state index in [1.807, 2.05) is 4.90 Å². The maximum absolute atomic E-state index is 13.5. The third kappa shape index (κ3) is 3.35. The minimum absolute atomic E-state index is 0.00349. The molecule has 0 radical (unpaired) electrons. The molecule has 1 saturated heterocycles. The summed E-state index contributed by atoms with van der Waals surface area (Å²) in [7, 11) is 0. The lowest BCUT2D eigenvalue weighted by Gasteiger charge is -2.37. The van der Waals surface area contributed by atoms with Gasteiger partial charge in [0.2, 0.25) is 0 Å². The maximum atomic E-state index is 13.5. The van der Waals surface area contributed by atoms with Crippen LogP contribution in [0.3, 0.4) is 0 Å². The van der Waals surface area contributed by atoms with Crippen LogP contribution in [0.1, 0.15) is 42.6 Å². The standard InChI is InChI=1S/C15H20FNO3/c1-10(18)13-7-12(16)6-11(14(13)19)8-17-5-3-4-15(2,20)9-17/h6-7,19-20H,3-5,8-9H2,1-2H3. The second-order valence-electron chi connectivity index (χ2n) is 5.83. The summed E-state index contributed by atoms with van der Waals surface area (Å²) >= 11 is 0. The molecule has 0 amide bonds. The molecule has 1 aliphatic rings. The van der Waals surface area contributed by atoms with E-state index in [9.17, 15) is 19.4 Å². The molecule has 0 bridgehead atoms. The number of phenolic OH excluding ortho intramolecular Hbond substituents is 1. The Morgan fingerprint density at radius 2 is 2.20 bits per heavy atom. The molecule has 1 unspecified atom stereocenters. The number of benzene rings is 1. The zero-order valence-electron chi connectivity index (χ0n) is 11.8. The van der Waals surface area contributed by atoms with Crippen LogP contribution in [0.4, 0.5) is 4.39 Å². The van der Waals surface area contributed by atoms with Gasteiger partial charge in [0.1, 0.15) is 11.6 Å². The molecule has 1 heterocycles. The van der Waals surface area contributed by atoms with Gasteiger partial charge in [-0.15, -0.1) is 0 Å². The van der Waals surface area contributed by atoms with Crippen LogP contribution in [0.2, 0.25) is 0 Å². The number of carbonyl (C=O) groups is 1. The first-order chi connectivity index (χ1) is 9.28. The van der Waals surface area contributed by atoms with Crippen molar-refractivity contribution in [3.05, 3.63) is 29.1 Å². The van der Waals surface area contributed by atoms with Crippen molar-refractivity contribution in [1.82, 2.24) is 4.90 Å². The van der Waals surface area contributed by atoms with E-state index in [1.54, 1.807) is 6.92 Å². The van der Waals surface area contributed by atoms with E-state index in [2.05, 4.69) is 0 Å². The highest BCUT2D eigenvalue weighted by Crippen LogP contribution is 2.28.